The lowest BCUT2D eigenvalue weighted by molar-refractivity contribution is -0.0710. The fourth-order valence-corrected chi connectivity index (χ4v) is 3.89. The lowest BCUT2D eigenvalue weighted by atomic mass is 9.86. The molecule has 0 aromatic heterocycles. The van der Waals surface area contributed by atoms with Gasteiger partial charge in [0.1, 0.15) is 5.75 Å². The van der Waals surface area contributed by atoms with Gasteiger partial charge in [-0.15, -0.1) is 0 Å². The molecular weight excluding hydrogens is 388 g/mol. The first kappa shape index (κ1) is 19.0. The van der Waals surface area contributed by atoms with Crippen molar-refractivity contribution in [1.82, 2.24) is 0 Å². The summed E-state index contributed by atoms with van der Waals surface area (Å²) in [6.07, 6.45) is 1.58. The van der Waals surface area contributed by atoms with Crippen molar-refractivity contribution in [1.29, 1.82) is 0 Å². The van der Waals surface area contributed by atoms with E-state index in [2.05, 4.69) is 0 Å². The summed E-state index contributed by atoms with van der Waals surface area (Å²) >= 11 is 0. The largest absolute Gasteiger partial charge is 0.450 e. The standard InChI is InChI=1S/C27H18O4/c28-25(19-10-3-1-4-11-19)23-17-22-21-14-8-7-9-18(21)15-16-24(22)31-27(23,30)26(29)20-12-5-2-6-13-20/h1-17,30H. The van der Waals surface area contributed by atoms with Crippen LogP contribution in [0.15, 0.2) is 103 Å². The zero-order valence-corrected chi connectivity index (χ0v) is 16.5. The van der Waals surface area contributed by atoms with Gasteiger partial charge in [-0.2, -0.15) is 0 Å². The van der Waals surface area contributed by atoms with Crippen molar-refractivity contribution in [2.75, 3.05) is 0 Å². The second-order valence-electron chi connectivity index (χ2n) is 7.39. The van der Waals surface area contributed by atoms with Crippen LogP contribution in [0, 0.1) is 0 Å². The molecule has 0 saturated heterocycles. The van der Waals surface area contributed by atoms with E-state index in [0.717, 1.165) is 10.8 Å². The molecule has 0 saturated carbocycles. The third-order valence-corrected chi connectivity index (χ3v) is 5.47. The predicted molar refractivity (Wildman–Crippen MR) is 119 cm³/mol. The maximum atomic E-state index is 13.4. The fourth-order valence-electron chi connectivity index (χ4n) is 3.89. The Morgan fingerprint density at radius 2 is 1.32 bits per heavy atom. The van der Waals surface area contributed by atoms with E-state index in [1.54, 1.807) is 72.8 Å². The number of carbonyl (C=O) groups excluding carboxylic acids is 2. The Kier molecular flexibility index (Phi) is 4.50. The molecule has 150 valence electrons. The van der Waals surface area contributed by atoms with Gasteiger partial charge in [-0.05, 0) is 22.9 Å². The normalized spacial score (nSPS) is 17.4. The van der Waals surface area contributed by atoms with E-state index in [-0.39, 0.29) is 11.1 Å². The molecule has 4 heteroatoms. The highest BCUT2D eigenvalue weighted by molar-refractivity contribution is 6.20. The molecule has 1 N–H and O–H groups in total. The first-order valence-electron chi connectivity index (χ1n) is 9.93. The highest BCUT2D eigenvalue weighted by Crippen LogP contribution is 2.41. The Bertz CT molecular complexity index is 1340. The number of rotatable bonds is 4. The Morgan fingerprint density at radius 3 is 2.03 bits per heavy atom. The lowest BCUT2D eigenvalue weighted by Gasteiger charge is -2.33. The van der Waals surface area contributed by atoms with Crippen molar-refractivity contribution in [2.24, 2.45) is 0 Å². The number of ether oxygens (including phenoxy) is 1. The van der Waals surface area contributed by atoms with Crippen LogP contribution in [-0.2, 0) is 0 Å². The smallest absolute Gasteiger partial charge is 0.303 e. The highest BCUT2D eigenvalue weighted by atomic mass is 16.6. The minimum Gasteiger partial charge on any atom is -0.450 e. The second kappa shape index (κ2) is 7.35. The number of benzene rings is 4. The number of fused-ring (bicyclic) bond motifs is 3. The minimum absolute atomic E-state index is 0.114. The number of hydrogen-bond donors (Lipinski definition) is 1. The average Bonchev–Trinajstić information content (AvgIpc) is 2.83. The fraction of sp³-hybridized carbons (Fsp3) is 0.0370. The van der Waals surface area contributed by atoms with E-state index < -0.39 is 17.4 Å². The molecule has 4 nitrogen and oxygen atoms in total. The van der Waals surface area contributed by atoms with Crippen LogP contribution in [0.2, 0.25) is 0 Å². The van der Waals surface area contributed by atoms with Crippen LogP contribution in [0.5, 0.6) is 5.75 Å². The summed E-state index contributed by atoms with van der Waals surface area (Å²) in [5.74, 6) is -3.26. The van der Waals surface area contributed by atoms with Crippen LogP contribution in [-0.4, -0.2) is 22.5 Å². The molecule has 0 aliphatic carbocycles. The summed E-state index contributed by atoms with van der Waals surface area (Å²) in [5.41, 5.74) is 1.15. The zero-order valence-electron chi connectivity index (χ0n) is 16.5. The first-order valence-corrected chi connectivity index (χ1v) is 9.93. The molecular formula is C27H18O4. The van der Waals surface area contributed by atoms with Gasteiger partial charge in [0, 0.05) is 16.7 Å². The van der Waals surface area contributed by atoms with Gasteiger partial charge in [-0.25, -0.2) is 0 Å². The van der Waals surface area contributed by atoms with Gasteiger partial charge in [-0.3, -0.25) is 9.59 Å². The molecule has 1 unspecified atom stereocenters. The van der Waals surface area contributed by atoms with Gasteiger partial charge in [-0.1, -0.05) is 91.0 Å². The van der Waals surface area contributed by atoms with E-state index in [1.165, 1.54) is 0 Å². The van der Waals surface area contributed by atoms with Crippen LogP contribution in [0.1, 0.15) is 26.3 Å². The number of hydrogen-bond acceptors (Lipinski definition) is 4. The molecule has 0 radical (unpaired) electrons. The summed E-state index contributed by atoms with van der Waals surface area (Å²) in [4.78, 5) is 26.8. The summed E-state index contributed by atoms with van der Waals surface area (Å²) < 4.78 is 5.92. The summed E-state index contributed by atoms with van der Waals surface area (Å²) in [6, 6.07) is 28.2. The molecule has 4 aromatic rings. The summed E-state index contributed by atoms with van der Waals surface area (Å²) in [6.45, 7) is 0. The van der Waals surface area contributed by atoms with Crippen molar-refractivity contribution in [3.8, 4) is 5.75 Å². The number of aliphatic hydroxyl groups is 1. The third kappa shape index (κ3) is 3.14. The van der Waals surface area contributed by atoms with Crippen molar-refractivity contribution < 1.29 is 19.4 Å². The van der Waals surface area contributed by atoms with Crippen molar-refractivity contribution in [3.63, 3.8) is 0 Å². The maximum Gasteiger partial charge on any atom is 0.303 e. The van der Waals surface area contributed by atoms with Gasteiger partial charge in [0.15, 0.2) is 5.78 Å². The molecule has 1 heterocycles. The average molecular weight is 406 g/mol. The van der Waals surface area contributed by atoms with Gasteiger partial charge < -0.3 is 9.84 Å². The number of carbonyl (C=O) groups is 2. The monoisotopic (exact) mass is 406 g/mol. The molecule has 0 fully saturated rings. The highest BCUT2D eigenvalue weighted by Gasteiger charge is 2.49. The molecule has 1 aliphatic heterocycles. The summed E-state index contributed by atoms with van der Waals surface area (Å²) in [7, 11) is 0. The predicted octanol–water partition coefficient (Wildman–Crippen LogP) is 5.07. The molecule has 31 heavy (non-hydrogen) atoms. The molecule has 0 amide bonds. The van der Waals surface area contributed by atoms with Crippen LogP contribution >= 0.6 is 0 Å². The number of ketones is 2. The molecule has 0 spiro atoms. The number of Topliss-reactive ketones (excluding diaryl/α,β-unsaturated/α-hetero) is 2. The van der Waals surface area contributed by atoms with E-state index in [4.69, 9.17) is 4.74 Å². The lowest BCUT2D eigenvalue weighted by Crippen LogP contribution is -2.50. The Morgan fingerprint density at radius 1 is 0.710 bits per heavy atom. The molecule has 4 aromatic carbocycles. The zero-order chi connectivity index (χ0) is 21.4. The van der Waals surface area contributed by atoms with Gasteiger partial charge in [0.2, 0.25) is 5.78 Å². The molecule has 5 rings (SSSR count). The van der Waals surface area contributed by atoms with Crippen LogP contribution < -0.4 is 4.74 Å². The van der Waals surface area contributed by atoms with Gasteiger partial charge in [0.05, 0.1) is 5.57 Å². The first-order chi connectivity index (χ1) is 15.1. The van der Waals surface area contributed by atoms with Crippen LogP contribution in [0.3, 0.4) is 0 Å². The van der Waals surface area contributed by atoms with E-state index >= 15 is 0 Å². The van der Waals surface area contributed by atoms with Crippen molar-refractivity contribution >= 4 is 28.4 Å². The second-order valence-corrected chi connectivity index (χ2v) is 7.39. The molecule has 1 aliphatic rings. The van der Waals surface area contributed by atoms with Gasteiger partial charge in [0.25, 0.3) is 0 Å². The van der Waals surface area contributed by atoms with E-state index in [9.17, 15) is 14.7 Å². The van der Waals surface area contributed by atoms with Crippen LogP contribution in [0.4, 0.5) is 0 Å². The Hall–Kier alpha value is -4.02. The quantitative estimate of drug-likeness (QED) is 0.481. The van der Waals surface area contributed by atoms with E-state index in [1.807, 2.05) is 30.3 Å². The minimum atomic E-state index is -2.44. The van der Waals surface area contributed by atoms with Crippen molar-refractivity contribution in [2.45, 2.75) is 5.79 Å². The Balaban J connectivity index is 1.74. The third-order valence-electron chi connectivity index (χ3n) is 5.47. The summed E-state index contributed by atoms with van der Waals surface area (Å²) in [5, 5.41) is 13.4. The van der Waals surface area contributed by atoms with Gasteiger partial charge >= 0.3 is 5.79 Å². The maximum absolute atomic E-state index is 13.4. The SMILES string of the molecule is O=C(C1=Cc2c(ccc3ccccc23)OC1(O)C(=O)c1ccccc1)c1ccccc1. The molecule has 0 bridgehead atoms. The molecule has 1 atom stereocenters. The van der Waals surface area contributed by atoms with Crippen molar-refractivity contribution in [3.05, 3.63) is 119 Å². The topological polar surface area (TPSA) is 63.6 Å². The Labute approximate surface area is 179 Å². The van der Waals surface area contributed by atoms with Crippen LogP contribution in [0.25, 0.3) is 16.8 Å². The van der Waals surface area contributed by atoms with E-state index in [0.29, 0.717) is 16.9 Å².